The van der Waals surface area contributed by atoms with Crippen LogP contribution in [0.5, 0.6) is 0 Å². The average Bonchev–Trinajstić information content (AvgIpc) is 2.42. The van der Waals surface area contributed by atoms with Gasteiger partial charge in [-0.2, -0.15) is 0 Å². The van der Waals surface area contributed by atoms with E-state index in [-0.39, 0.29) is 5.91 Å². The van der Waals surface area contributed by atoms with Gasteiger partial charge < -0.3 is 11.1 Å². The van der Waals surface area contributed by atoms with Gasteiger partial charge in [0, 0.05) is 17.8 Å². The molecule has 2 aromatic rings. The van der Waals surface area contributed by atoms with Crippen LogP contribution in [0.2, 0.25) is 0 Å². The predicted molar refractivity (Wildman–Crippen MR) is 78.2 cm³/mol. The number of hydrogen-bond donors (Lipinski definition) is 2. The smallest absolute Gasteiger partial charge is 0.255 e. The summed E-state index contributed by atoms with van der Waals surface area (Å²) >= 11 is 0. The van der Waals surface area contributed by atoms with Gasteiger partial charge in [0.25, 0.3) is 5.91 Å². The lowest BCUT2D eigenvalue weighted by molar-refractivity contribution is 0.102. The lowest BCUT2D eigenvalue weighted by Gasteiger charge is -2.10. The Morgan fingerprint density at radius 2 is 1.84 bits per heavy atom. The monoisotopic (exact) mass is 254 g/mol. The molecule has 0 fully saturated rings. The molecule has 0 aliphatic carbocycles. The number of carbonyl (C=O) groups excluding carboxylic acids is 1. The number of para-hydroxylation sites is 1. The zero-order valence-corrected chi connectivity index (χ0v) is 11.2. The molecule has 3 nitrogen and oxygen atoms in total. The number of nitrogens with one attached hydrogen (secondary N) is 1. The zero-order valence-electron chi connectivity index (χ0n) is 11.2. The number of anilines is 1. The summed E-state index contributed by atoms with van der Waals surface area (Å²) in [5.74, 6) is -0.107. The van der Waals surface area contributed by atoms with Crippen molar-refractivity contribution in [3.63, 3.8) is 0 Å². The van der Waals surface area contributed by atoms with Crippen LogP contribution in [0.15, 0.2) is 42.5 Å². The van der Waals surface area contributed by atoms with Crippen molar-refractivity contribution in [1.82, 2.24) is 0 Å². The van der Waals surface area contributed by atoms with E-state index in [1.165, 1.54) is 5.56 Å². The Morgan fingerprint density at radius 3 is 2.53 bits per heavy atom. The highest BCUT2D eigenvalue weighted by molar-refractivity contribution is 6.04. The topological polar surface area (TPSA) is 55.1 Å². The van der Waals surface area contributed by atoms with E-state index >= 15 is 0 Å². The van der Waals surface area contributed by atoms with Crippen molar-refractivity contribution in [3.05, 3.63) is 64.7 Å². The first-order valence-electron chi connectivity index (χ1n) is 6.28. The van der Waals surface area contributed by atoms with Crippen molar-refractivity contribution in [2.75, 3.05) is 5.32 Å². The third-order valence-corrected chi connectivity index (χ3v) is 3.25. The van der Waals surface area contributed by atoms with Gasteiger partial charge in [0.15, 0.2) is 0 Å². The van der Waals surface area contributed by atoms with Gasteiger partial charge in [0.2, 0.25) is 0 Å². The Morgan fingerprint density at radius 1 is 1.11 bits per heavy atom. The Bertz CT molecular complexity index is 605. The second-order valence-corrected chi connectivity index (χ2v) is 4.61. The Balaban J connectivity index is 2.23. The minimum atomic E-state index is -0.107. The zero-order chi connectivity index (χ0) is 13.8. The standard InChI is InChI=1S/C16H18N2O/c1-11-7-8-13(9-12(11)2)16(19)18-15-6-4-3-5-14(15)10-17/h3-9H,10,17H2,1-2H3,(H,18,19). The van der Waals surface area contributed by atoms with E-state index in [1.54, 1.807) is 0 Å². The first kappa shape index (κ1) is 13.3. The summed E-state index contributed by atoms with van der Waals surface area (Å²) < 4.78 is 0. The molecule has 0 saturated carbocycles. The summed E-state index contributed by atoms with van der Waals surface area (Å²) in [6.07, 6.45) is 0. The first-order valence-corrected chi connectivity index (χ1v) is 6.28. The van der Waals surface area contributed by atoms with Crippen molar-refractivity contribution in [2.45, 2.75) is 20.4 Å². The SMILES string of the molecule is Cc1ccc(C(=O)Nc2ccccc2CN)cc1C. The van der Waals surface area contributed by atoms with Crippen LogP contribution in [0, 0.1) is 13.8 Å². The second kappa shape index (κ2) is 5.67. The molecule has 0 aromatic heterocycles. The largest absolute Gasteiger partial charge is 0.326 e. The minimum absolute atomic E-state index is 0.107. The summed E-state index contributed by atoms with van der Waals surface area (Å²) in [7, 11) is 0. The van der Waals surface area contributed by atoms with Crippen LogP contribution in [-0.2, 0) is 6.54 Å². The number of hydrogen-bond acceptors (Lipinski definition) is 2. The molecular weight excluding hydrogens is 236 g/mol. The average molecular weight is 254 g/mol. The quantitative estimate of drug-likeness (QED) is 0.884. The fourth-order valence-corrected chi connectivity index (χ4v) is 1.90. The van der Waals surface area contributed by atoms with Gasteiger partial charge in [-0.05, 0) is 48.7 Å². The lowest BCUT2D eigenvalue weighted by atomic mass is 10.1. The molecule has 0 atom stereocenters. The van der Waals surface area contributed by atoms with Crippen LogP contribution in [0.3, 0.4) is 0 Å². The van der Waals surface area contributed by atoms with Gasteiger partial charge in [-0.1, -0.05) is 24.3 Å². The van der Waals surface area contributed by atoms with E-state index in [9.17, 15) is 4.79 Å². The lowest BCUT2D eigenvalue weighted by Crippen LogP contribution is -2.14. The van der Waals surface area contributed by atoms with Crippen molar-refractivity contribution >= 4 is 11.6 Å². The number of nitrogens with two attached hydrogens (primary N) is 1. The molecule has 0 aliphatic rings. The van der Waals surface area contributed by atoms with E-state index in [1.807, 2.05) is 56.3 Å². The predicted octanol–water partition coefficient (Wildman–Crippen LogP) is 3.01. The fraction of sp³-hybridized carbons (Fsp3) is 0.188. The molecular formula is C16H18N2O. The van der Waals surface area contributed by atoms with Gasteiger partial charge in [0.05, 0.1) is 0 Å². The number of amides is 1. The molecule has 0 saturated heterocycles. The van der Waals surface area contributed by atoms with Crippen LogP contribution in [-0.4, -0.2) is 5.91 Å². The van der Waals surface area contributed by atoms with Crippen LogP contribution in [0.25, 0.3) is 0 Å². The number of benzene rings is 2. The van der Waals surface area contributed by atoms with Gasteiger partial charge in [-0.15, -0.1) is 0 Å². The van der Waals surface area contributed by atoms with E-state index in [4.69, 9.17) is 5.73 Å². The molecule has 0 spiro atoms. The van der Waals surface area contributed by atoms with Crippen LogP contribution < -0.4 is 11.1 Å². The maximum atomic E-state index is 12.2. The summed E-state index contributed by atoms with van der Waals surface area (Å²) in [6.45, 7) is 4.43. The maximum Gasteiger partial charge on any atom is 0.255 e. The van der Waals surface area contributed by atoms with E-state index in [0.717, 1.165) is 16.8 Å². The number of aryl methyl sites for hydroxylation is 2. The molecule has 0 bridgehead atoms. The summed E-state index contributed by atoms with van der Waals surface area (Å²) in [6, 6.07) is 13.3. The van der Waals surface area contributed by atoms with Crippen LogP contribution >= 0.6 is 0 Å². The normalized spacial score (nSPS) is 10.3. The minimum Gasteiger partial charge on any atom is -0.326 e. The van der Waals surface area contributed by atoms with Crippen LogP contribution in [0.4, 0.5) is 5.69 Å². The van der Waals surface area contributed by atoms with Crippen molar-refractivity contribution < 1.29 is 4.79 Å². The highest BCUT2D eigenvalue weighted by atomic mass is 16.1. The van der Waals surface area contributed by atoms with E-state index in [2.05, 4.69) is 5.32 Å². The Kier molecular flexibility index (Phi) is 3.97. The Labute approximate surface area is 113 Å². The second-order valence-electron chi connectivity index (χ2n) is 4.61. The molecule has 1 amide bonds. The molecule has 3 heteroatoms. The molecule has 2 aromatic carbocycles. The van der Waals surface area contributed by atoms with E-state index in [0.29, 0.717) is 12.1 Å². The fourth-order valence-electron chi connectivity index (χ4n) is 1.90. The van der Waals surface area contributed by atoms with Gasteiger partial charge in [0.1, 0.15) is 0 Å². The molecule has 19 heavy (non-hydrogen) atoms. The van der Waals surface area contributed by atoms with Crippen LogP contribution in [0.1, 0.15) is 27.0 Å². The molecule has 0 heterocycles. The summed E-state index contributed by atoms with van der Waals surface area (Å²) in [5.41, 5.74) is 10.3. The summed E-state index contributed by atoms with van der Waals surface area (Å²) in [5, 5.41) is 2.91. The van der Waals surface area contributed by atoms with Crippen molar-refractivity contribution in [3.8, 4) is 0 Å². The number of carbonyl (C=O) groups is 1. The third-order valence-electron chi connectivity index (χ3n) is 3.25. The third kappa shape index (κ3) is 3.01. The summed E-state index contributed by atoms with van der Waals surface area (Å²) in [4.78, 5) is 12.2. The van der Waals surface area contributed by atoms with Gasteiger partial charge in [-0.3, -0.25) is 4.79 Å². The van der Waals surface area contributed by atoms with E-state index < -0.39 is 0 Å². The molecule has 0 aliphatic heterocycles. The van der Waals surface area contributed by atoms with Gasteiger partial charge >= 0.3 is 0 Å². The molecule has 3 N–H and O–H groups in total. The molecule has 98 valence electrons. The first-order chi connectivity index (χ1) is 9.11. The maximum absolute atomic E-state index is 12.2. The van der Waals surface area contributed by atoms with Crippen molar-refractivity contribution in [2.24, 2.45) is 5.73 Å². The molecule has 0 unspecified atom stereocenters. The highest BCUT2D eigenvalue weighted by Crippen LogP contribution is 2.16. The van der Waals surface area contributed by atoms with Crippen molar-refractivity contribution in [1.29, 1.82) is 0 Å². The van der Waals surface area contributed by atoms with Gasteiger partial charge in [-0.25, -0.2) is 0 Å². The highest BCUT2D eigenvalue weighted by Gasteiger charge is 2.08. The molecule has 0 radical (unpaired) electrons. The number of rotatable bonds is 3. The Hall–Kier alpha value is -2.13. The molecule has 2 rings (SSSR count).